The van der Waals surface area contributed by atoms with Gasteiger partial charge in [-0.15, -0.1) is 0 Å². The van der Waals surface area contributed by atoms with E-state index in [0.717, 1.165) is 36.2 Å². The van der Waals surface area contributed by atoms with Crippen molar-refractivity contribution >= 4 is 17.6 Å². The minimum atomic E-state index is -0.824. The number of ether oxygens (including phenoxy) is 1. The summed E-state index contributed by atoms with van der Waals surface area (Å²) in [5.74, 6) is -0.126. The van der Waals surface area contributed by atoms with E-state index in [2.05, 4.69) is 15.3 Å². The summed E-state index contributed by atoms with van der Waals surface area (Å²) in [5.41, 5.74) is 2.43. The predicted molar refractivity (Wildman–Crippen MR) is 92.7 cm³/mol. The summed E-state index contributed by atoms with van der Waals surface area (Å²) in [6.07, 6.45) is 5.30. The van der Waals surface area contributed by atoms with Crippen LogP contribution in [-0.4, -0.2) is 33.2 Å². The third-order valence-electron chi connectivity index (χ3n) is 4.54. The smallest absolute Gasteiger partial charge is 0.320 e. The number of hydrogen-bond acceptors (Lipinski definition) is 5. The third kappa shape index (κ3) is 3.60. The number of carboxylic acid groups (broad SMARTS) is 1. The number of hydrogen-bond donors (Lipinski definition) is 2. The first-order valence-corrected chi connectivity index (χ1v) is 8.75. The van der Waals surface area contributed by atoms with Crippen molar-refractivity contribution in [2.75, 3.05) is 0 Å². The highest BCUT2D eigenvalue weighted by molar-refractivity contribution is 6.32. The van der Waals surface area contributed by atoms with E-state index < -0.39 is 12.0 Å². The van der Waals surface area contributed by atoms with Gasteiger partial charge in [0.1, 0.15) is 18.1 Å². The normalized spacial score (nSPS) is 22.8. The molecule has 0 radical (unpaired) electrons. The molecule has 4 rings (SSSR count). The van der Waals surface area contributed by atoms with Gasteiger partial charge in [0.05, 0.1) is 28.6 Å². The summed E-state index contributed by atoms with van der Waals surface area (Å²) < 4.78 is 5.76. The van der Waals surface area contributed by atoms with Crippen LogP contribution in [0.3, 0.4) is 0 Å². The molecule has 2 heterocycles. The van der Waals surface area contributed by atoms with Gasteiger partial charge in [-0.05, 0) is 49.9 Å². The van der Waals surface area contributed by atoms with E-state index in [4.69, 9.17) is 21.4 Å². The van der Waals surface area contributed by atoms with Crippen LogP contribution < -0.4 is 10.1 Å². The Labute approximate surface area is 150 Å². The van der Waals surface area contributed by atoms with Crippen molar-refractivity contribution in [2.24, 2.45) is 0 Å². The topological polar surface area (TPSA) is 84.3 Å². The predicted octanol–water partition coefficient (Wildman–Crippen LogP) is 3.22. The molecule has 7 heteroatoms. The molecule has 1 aromatic heterocycles. The Hall–Kier alpha value is -2.18. The zero-order valence-corrected chi connectivity index (χ0v) is 14.2. The van der Waals surface area contributed by atoms with E-state index in [1.54, 1.807) is 0 Å². The van der Waals surface area contributed by atoms with Crippen LogP contribution in [0.2, 0.25) is 5.02 Å². The standard InChI is InChI=1S/C18H18ClN3O3/c19-12-7-10(1-6-17(12)25-11-2-3-11)15-8-16(21-9-20-15)13-4-5-14(22-13)18(23)24/h1,6-9,11,13-14,22H,2-5H2,(H,23,24). The number of aliphatic carboxylic acids is 1. The molecule has 0 amide bonds. The molecule has 130 valence electrons. The number of carbonyl (C=O) groups is 1. The Balaban J connectivity index is 1.55. The van der Waals surface area contributed by atoms with E-state index in [-0.39, 0.29) is 6.04 Å². The molecule has 2 aliphatic rings. The van der Waals surface area contributed by atoms with Crippen molar-refractivity contribution in [3.8, 4) is 17.0 Å². The van der Waals surface area contributed by atoms with Gasteiger partial charge in [-0.2, -0.15) is 0 Å². The molecule has 25 heavy (non-hydrogen) atoms. The zero-order chi connectivity index (χ0) is 17.4. The van der Waals surface area contributed by atoms with Crippen LogP contribution in [0.5, 0.6) is 5.75 Å². The van der Waals surface area contributed by atoms with Crippen molar-refractivity contribution in [3.63, 3.8) is 0 Å². The van der Waals surface area contributed by atoms with Crippen LogP contribution >= 0.6 is 11.6 Å². The van der Waals surface area contributed by atoms with Gasteiger partial charge in [-0.1, -0.05) is 11.6 Å². The van der Waals surface area contributed by atoms with Crippen LogP contribution in [0, 0.1) is 0 Å². The maximum absolute atomic E-state index is 11.1. The number of nitrogens with zero attached hydrogens (tertiary/aromatic N) is 2. The highest BCUT2D eigenvalue weighted by atomic mass is 35.5. The van der Waals surface area contributed by atoms with E-state index in [0.29, 0.717) is 23.3 Å². The molecule has 2 unspecified atom stereocenters. The molecular formula is C18H18ClN3O3. The quantitative estimate of drug-likeness (QED) is 0.852. The fraction of sp³-hybridized carbons (Fsp3) is 0.389. The van der Waals surface area contributed by atoms with Gasteiger partial charge in [-0.3, -0.25) is 10.1 Å². The summed E-state index contributed by atoms with van der Waals surface area (Å²) in [4.78, 5) is 19.7. The number of carboxylic acids is 1. The molecule has 1 aromatic carbocycles. The van der Waals surface area contributed by atoms with E-state index in [1.165, 1.54) is 6.33 Å². The summed E-state index contributed by atoms with van der Waals surface area (Å²) >= 11 is 6.33. The van der Waals surface area contributed by atoms with Crippen molar-refractivity contribution in [3.05, 3.63) is 41.3 Å². The van der Waals surface area contributed by atoms with Crippen molar-refractivity contribution in [1.29, 1.82) is 0 Å². The average molecular weight is 360 g/mol. The Morgan fingerprint density at radius 3 is 2.72 bits per heavy atom. The number of halogens is 1. The Kier molecular flexibility index (Phi) is 4.31. The van der Waals surface area contributed by atoms with Crippen molar-refractivity contribution in [2.45, 2.75) is 43.9 Å². The fourth-order valence-electron chi connectivity index (χ4n) is 3.01. The number of nitrogens with one attached hydrogen (secondary N) is 1. The molecule has 1 saturated carbocycles. The second kappa shape index (κ2) is 6.61. The molecule has 0 bridgehead atoms. The second-order valence-corrected chi connectivity index (χ2v) is 6.89. The zero-order valence-electron chi connectivity index (χ0n) is 13.5. The van der Waals surface area contributed by atoms with E-state index in [9.17, 15) is 4.79 Å². The maximum Gasteiger partial charge on any atom is 0.320 e. The Morgan fingerprint density at radius 2 is 2.04 bits per heavy atom. The van der Waals surface area contributed by atoms with Gasteiger partial charge in [0.2, 0.25) is 0 Å². The van der Waals surface area contributed by atoms with E-state index in [1.807, 2.05) is 24.3 Å². The largest absolute Gasteiger partial charge is 0.489 e. The molecule has 1 aliphatic carbocycles. The Morgan fingerprint density at radius 1 is 1.20 bits per heavy atom. The molecule has 2 aromatic rings. The molecular weight excluding hydrogens is 342 g/mol. The molecule has 1 aliphatic heterocycles. The van der Waals surface area contributed by atoms with Gasteiger partial charge in [-0.25, -0.2) is 9.97 Å². The van der Waals surface area contributed by atoms with Crippen LogP contribution in [0.15, 0.2) is 30.6 Å². The summed E-state index contributed by atoms with van der Waals surface area (Å²) in [7, 11) is 0. The minimum Gasteiger partial charge on any atom is -0.489 e. The van der Waals surface area contributed by atoms with Gasteiger partial charge < -0.3 is 9.84 Å². The number of rotatable bonds is 5. The first kappa shape index (κ1) is 16.3. The lowest BCUT2D eigenvalue weighted by Crippen LogP contribution is -2.32. The lowest BCUT2D eigenvalue weighted by atomic mass is 10.1. The van der Waals surface area contributed by atoms with Crippen LogP contribution in [-0.2, 0) is 4.79 Å². The lowest BCUT2D eigenvalue weighted by Gasteiger charge is -2.13. The average Bonchev–Trinajstić information content (AvgIpc) is 3.28. The van der Waals surface area contributed by atoms with Crippen LogP contribution in [0.4, 0.5) is 0 Å². The highest BCUT2D eigenvalue weighted by Gasteiger charge is 2.30. The van der Waals surface area contributed by atoms with Gasteiger partial charge >= 0.3 is 5.97 Å². The van der Waals surface area contributed by atoms with Gasteiger partial charge in [0, 0.05) is 5.56 Å². The summed E-state index contributed by atoms with van der Waals surface area (Å²) in [6.45, 7) is 0. The number of benzene rings is 1. The van der Waals surface area contributed by atoms with Gasteiger partial charge in [0.25, 0.3) is 0 Å². The lowest BCUT2D eigenvalue weighted by molar-refractivity contribution is -0.139. The van der Waals surface area contributed by atoms with E-state index >= 15 is 0 Å². The Bertz CT molecular complexity index is 810. The molecule has 6 nitrogen and oxygen atoms in total. The molecule has 2 atom stereocenters. The van der Waals surface area contributed by atoms with Crippen molar-refractivity contribution < 1.29 is 14.6 Å². The first-order chi connectivity index (χ1) is 12.1. The van der Waals surface area contributed by atoms with Crippen molar-refractivity contribution in [1.82, 2.24) is 15.3 Å². The monoisotopic (exact) mass is 359 g/mol. The minimum absolute atomic E-state index is 0.0733. The molecule has 1 saturated heterocycles. The number of aromatic nitrogens is 2. The molecule has 0 spiro atoms. The maximum atomic E-state index is 11.1. The fourth-order valence-corrected chi connectivity index (χ4v) is 3.24. The van der Waals surface area contributed by atoms with Gasteiger partial charge in [0.15, 0.2) is 0 Å². The highest BCUT2D eigenvalue weighted by Crippen LogP contribution is 2.35. The SMILES string of the molecule is O=C(O)C1CCC(c2cc(-c3ccc(OC4CC4)c(Cl)c3)ncn2)N1. The third-order valence-corrected chi connectivity index (χ3v) is 4.83. The summed E-state index contributed by atoms with van der Waals surface area (Å²) in [5, 5.41) is 12.8. The second-order valence-electron chi connectivity index (χ2n) is 6.48. The first-order valence-electron chi connectivity index (χ1n) is 8.37. The van der Waals surface area contributed by atoms with Crippen LogP contribution in [0.25, 0.3) is 11.3 Å². The molecule has 2 fully saturated rings. The molecule has 2 N–H and O–H groups in total. The van der Waals surface area contributed by atoms with Crippen LogP contribution in [0.1, 0.15) is 37.4 Å². The summed E-state index contributed by atoms with van der Waals surface area (Å²) in [6, 6.07) is 6.93.